The lowest BCUT2D eigenvalue weighted by Crippen LogP contribution is -2.20. The van der Waals surface area contributed by atoms with E-state index in [0.717, 1.165) is 5.56 Å². The minimum absolute atomic E-state index is 0.0714. The molecule has 2 rings (SSSR count). The number of amides is 1. The molecule has 1 N–H and O–H groups in total. The van der Waals surface area contributed by atoms with Gasteiger partial charge in [-0.3, -0.25) is 4.79 Å². The second-order valence-electron chi connectivity index (χ2n) is 4.29. The lowest BCUT2D eigenvalue weighted by Gasteiger charge is -2.09. The van der Waals surface area contributed by atoms with Gasteiger partial charge in [-0.25, -0.2) is 9.97 Å². The Kier molecular flexibility index (Phi) is 5.09. The summed E-state index contributed by atoms with van der Waals surface area (Å²) in [5.41, 5.74) is 1.48. The average Bonchev–Trinajstić information content (AvgIpc) is 2.49. The van der Waals surface area contributed by atoms with Crippen LogP contribution in [-0.4, -0.2) is 29.1 Å². The lowest BCUT2D eigenvalue weighted by atomic mass is 10.2. The highest BCUT2D eigenvalue weighted by Crippen LogP contribution is 2.16. The molecule has 110 valence electrons. The number of aromatic nitrogens is 2. The van der Waals surface area contributed by atoms with Gasteiger partial charge in [-0.15, -0.1) is 0 Å². The maximum absolute atomic E-state index is 11.8. The number of nitrogens with one attached hydrogen (secondary N) is 1. The number of para-hydroxylation sites is 1. The lowest BCUT2D eigenvalue weighted by molar-refractivity contribution is -0.118. The van der Waals surface area contributed by atoms with Crippen molar-refractivity contribution >= 4 is 11.6 Å². The van der Waals surface area contributed by atoms with Gasteiger partial charge >= 0.3 is 6.01 Å². The molecule has 1 aromatic heterocycles. The van der Waals surface area contributed by atoms with E-state index in [9.17, 15) is 4.79 Å². The van der Waals surface area contributed by atoms with Crippen molar-refractivity contribution in [2.75, 3.05) is 18.5 Å². The number of aryl methyl sites for hydroxylation is 1. The Hall–Kier alpha value is -2.63. The summed E-state index contributed by atoms with van der Waals surface area (Å²) in [4.78, 5) is 19.7. The summed E-state index contributed by atoms with van der Waals surface area (Å²) in [7, 11) is 0. The van der Waals surface area contributed by atoms with E-state index < -0.39 is 0 Å². The molecule has 0 spiro atoms. The van der Waals surface area contributed by atoms with E-state index in [1.807, 2.05) is 38.1 Å². The predicted molar refractivity (Wildman–Crippen MR) is 78.5 cm³/mol. The molecule has 0 bridgehead atoms. The summed E-state index contributed by atoms with van der Waals surface area (Å²) in [5, 5.41) is 2.66. The summed E-state index contributed by atoms with van der Waals surface area (Å²) in [6, 6.07) is 7.81. The van der Waals surface area contributed by atoms with Crippen LogP contribution >= 0.6 is 0 Å². The second-order valence-corrected chi connectivity index (χ2v) is 4.29. The first-order chi connectivity index (χ1) is 10.2. The highest BCUT2D eigenvalue weighted by Gasteiger charge is 2.06. The van der Waals surface area contributed by atoms with Gasteiger partial charge in [-0.1, -0.05) is 18.2 Å². The summed E-state index contributed by atoms with van der Waals surface area (Å²) in [6.07, 6.45) is 2.98. The van der Waals surface area contributed by atoms with Crippen LogP contribution in [0.25, 0.3) is 0 Å². The number of carbonyl (C=O) groups is 1. The fourth-order valence-electron chi connectivity index (χ4n) is 1.64. The van der Waals surface area contributed by atoms with Gasteiger partial charge in [0.15, 0.2) is 6.61 Å². The molecule has 0 radical (unpaired) electrons. The van der Waals surface area contributed by atoms with Crippen LogP contribution in [0.5, 0.6) is 11.8 Å². The molecule has 0 aliphatic rings. The normalized spacial score (nSPS) is 10.0. The summed E-state index contributed by atoms with van der Waals surface area (Å²) >= 11 is 0. The van der Waals surface area contributed by atoms with Crippen LogP contribution in [0.15, 0.2) is 36.7 Å². The quantitative estimate of drug-likeness (QED) is 0.881. The second kappa shape index (κ2) is 7.23. The Morgan fingerprint density at radius 2 is 1.90 bits per heavy atom. The van der Waals surface area contributed by atoms with Gasteiger partial charge < -0.3 is 14.8 Å². The zero-order chi connectivity index (χ0) is 15.1. The van der Waals surface area contributed by atoms with Gasteiger partial charge in [0.05, 0.1) is 24.7 Å². The highest BCUT2D eigenvalue weighted by atomic mass is 16.5. The van der Waals surface area contributed by atoms with E-state index in [1.54, 1.807) is 0 Å². The van der Waals surface area contributed by atoms with E-state index >= 15 is 0 Å². The van der Waals surface area contributed by atoms with Crippen molar-refractivity contribution < 1.29 is 14.3 Å². The first-order valence-corrected chi connectivity index (χ1v) is 6.62. The Morgan fingerprint density at radius 1 is 1.19 bits per heavy atom. The fourth-order valence-corrected chi connectivity index (χ4v) is 1.64. The van der Waals surface area contributed by atoms with Gasteiger partial charge in [0.2, 0.25) is 0 Å². The smallest absolute Gasteiger partial charge is 0.316 e. The Morgan fingerprint density at radius 3 is 2.57 bits per heavy atom. The highest BCUT2D eigenvalue weighted by molar-refractivity contribution is 5.91. The van der Waals surface area contributed by atoms with E-state index in [-0.39, 0.29) is 18.5 Å². The SMILES string of the molecule is CCOc1ncc(NC(=O)COc2ccccc2C)cn1. The van der Waals surface area contributed by atoms with Gasteiger partial charge in [0.1, 0.15) is 5.75 Å². The van der Waals surface area contributed by atoms with Crippen molar-refractivity contribution in [3.8, 4) is 11.8 Å². The Bertz CT molecular complexity index is 599. The number of anilines is 1. The van der Waals surface area contributed by atoms with Gasteiger partial charge in [-0.2, -0.15) is 0 Å². The van der Waals surface area contributed by atoms with E-state index in [1.165, 1.54) is 12.4 Å². The number of hydrogen-bond acceptors (Lipinski definition) is 5. The zero-order valence-corrected chi connectivity index (χ0v) is 12.0. The van der Waals surface area contributed by atoms with Crippen molar-refractivity contribution in [1.82, 2.24) is 9.97 Å². The molecule has 0 aliphatic heterocycles. The number of ether oxygens (including phenoxy) is 2. The van der Waals surface area contributed by atoms with Crippen LogP contribution in [0.4, 0.5) is 5.69 Å². The molecule has 0 saturated heterocycles. The molecule has 0 atom stereocenters. The Balaban J connectivity index is 1.85. The maximum atomic E-state index is 11.8. The van der Waals surface area contributed by atoms with Crippen LogP contribution in [0.3, 0.4) is 0 Å². The molecule has 1 amide bonds. The summed E-state index contributed by atoms with van der Waals surface area (Å²) in [6.45, 7) is 4.20. The number of carbonyl (C=O) groups excluding carboxylic acids is 1. The fraction of sp³-hybridized carbons (Fsp3) is 0.267. The summed E-state index contributed by atoms with van der Waals surface area (Å²) < 4.78 is 10.6. The third-order valence-electron chi connectivity index (χ3n) is 2.64. The van der Waals surface area contributed by atoms with Crippen LogP contribution in [0.2, 0.25) is 0 Å². The molecular weight excluding hydrogens is 270 g/mol. The number of benzene rings is 1. The van der Waals surface area contributed by atoms with E-state index in [4.69, 9.17) is 9.47 Å². The average molecular weight is 287 g/mol. The van der Waals surface area contributed by atoms with Gasteiger partial charge in [0, 0.05) is 0 Å². The molecule has 1 heterocycles. The van der Waals surface area contributed by atoms with E-state index in [0.29, 0.717) is 18.0 Å². The third-order valence-corrected chi connectivity index (χ3v) is 2.64. The minimum atomic E-state index is -0.272. The molecule has 6 heteroatoms. The molecule has 0 aliphatic carbocycles. The van der Waals surface area contributed by atoms with Crippen molar-refractivity contribution in [3.63, 3.8) is 0 Å². The van der Waals surface area contributed by atoms with Crippen LogP contribution in [0, 0.1) is 6.92 Å². The van der Waals surface area contributed by atoms with Crippen LogP contribution < -0.4 is 14.8 Å². The molecule has 0 fully saturated rings. The monoisotopic (exact) mass is 287 g/mol. The predicted octanol–water partition coefficient (Wildman–Crippen LogP) is 2.20. The van der Waals surface area contributed by atoms with Crippen molar-refractivity contribution in [3.05, 3.63) is 42.2 Å². The Labute approximate surface area is 123 Å². The number of nitrogens with zero attached hydrogens (tertiary/aromatic N) is 2. The number of rotatable bonds is 6. The molecular formula is C15H17N3O3. The molecule has 6 nitrogen and oxygen atoms in total. The maximum Gasteiger partial charge on any atom is 0.316 e. The minimum Gasteiger partial charge on any atom is -0.483 e. The van der Waals surface area contributed by atoms with Crippen molar-refractivity contribution in [2.24, 2.45) is 0 Å². The first-order valence-electron chi connectivity index (χ1n) is 6.62. The molecule has 0 unspecified atom stereocenters. The largest absolute Gasteiger partial charge is 0.483 e. The van der Waals surface area contributed by atoms with E-state index in [2.05, 4.69) is 15.3 Å². The van der Waals surface area contributed by atoms with Gasteiger partial charge in [-0.05, 0) is 25.5 Å². The zero-order valence-electron chi connectivity index (χ0n) is 12.0. The third kappa shape index (κ3) is 4.45. The van der Waals surface area contributed by atoms with Crippen LogP contribution in [-0.2, 0) is 4.79 Å². The van der Waals surface area contributed by atoms with Crippen molar-refractivity contribution in [2.45, 2.75) is 13.8 Å². The first kappa shape index (κ1) is 14.8. The topological polar surface area (TPSA) is 73.3 Å². The molecule has 2 aromatic rings. The summed E-state index contributed by atoms with van der Waals surface area (Å²) in [5.74, 6) is 0.418. The molecule has 1 aromatic carbocycles. The molecule has 0 saturated carbocycles. The van der Waals surface area contributed by atoms with Crippen LogP contribution in [0.1, 0.15) is 12.5 Å². The number of hydrogen-bond donors (Lipinski definition) is 1. The van der Waals surface area contributed by atoms with Gasteiger partial charge in [0.25, 0.3) is 5.91 Å². The standard InChI is InChI=1S/C15H17N3O3/c1-3-20-15-16-8-12(9-17-15)18-14(19)10-21-13-7-5-4-6-11(13)2/h4-9H,3,10H2,1-2H3,(H,18,19). The van der Waals surface area contributed by atoms with Crippen molar-refractivity contribution in [1.29, 1.82) is 0 Å². The molecule has 21 heavy (non-hydrogen) atoms.